The number of hydrogen-bond acceptors (Lipinski definition) is 4. The Morgan fingerprint density at radius 1 is 1.19 bits per heavy atom. The van der Waals surface area contributed by atoms with Gasteiger partial charge in [0.05, 0.1) is 7.11 Å². The summed E-state index contributed by atoms with van der Waals surface area (Å²) in [6.07, 6.45) is 3.65. The van der Waals surface area contributed by atoms with Gasteiger partial charge in [-0.05, 0) is 30.3 Å². The molecule has 1 unspecified atom stereocenters. The highest BCUT2D eigenvalue weighted by atomic mass is 16.5. The predicted octanol–water partition coefficient (Wildman–Crippen LogP) is 2.61. The van der Waals surface area contributed by atoms with E-state index in [-0.39, 0.29) is 6.04 Å². The van der Waals surface area contributed by atoms with Crippen molar-refractivity contribution >= 4 is 0 Å². The molecule has 112 valence electrons. The van der Waals surface area contributed by atoms with E-state index in [0.717, 1.165) is 30.9 Å². The molecule has 0 spiro atoms. The van der Waals surface area contributed by atoms with Gasteiger partial charge in [-0.15, -0.1) is 0 Å². The lowest BCUT2D eigenvalue weighted by atomic mass is 10.1. The van der Waals surface area contributed by atoms with E-state index in [1.54, 1.807) is 7.11 Å². The van der Waals surface area contributed by atoms with E-state index in [4.69, 9.17) is 10.5 Å². The van der Waals surface area contributed by atoms with Crippen LogP contribution in [0.4, 0.5) is 0 Å². The summed E-state index contributed by atoms with van der Waals surface area (Å²) in [7, 11) is 1.68. The maximum Gasteiger partial charge on any atom is 0.123 e. The van der Waals surface area contributed by atoms with E-state index in [2.05, 4.69) is 16.8 Å². The van der Waals surface area contributed by atoms with Crippen LogP contribution in [0.5, 0.6) is 5.75 Å². The maximum atomic E-state index is 6.37. The van der Waals surface area contributed by atoms with Gasteiger partial charge in [0.1, 0.15) is 5.75 Å². The van der Waals surface area contributed by atoms with E-state index < -0.39 is 0 Å². The van der Waals surface area contributed by atoms with Crippen LogP contribution >= 0.6 is 0 Å². The highest BCUT2D eigenvalue weighted by molar-refractivity contribution is 5.35. The third-order valence-corrected chi connectivity index (χ3v) is 3.60. The van der Waals surface area contributed by atoms with Crippen molar-refractivity contribution in [3.8, 4) is 5.75 Å². The number of rotatable bonds is 7. The van der Waals surface area contributed by atoms with E-state index in [9.17, 15) is 0 Å². The van der Waals surface area contributed by atoms with E-state index in [0.29, 0.717) is 0 Å². The third-order valence-electron chi connectivity index (χ3n) is 3.60. The first-order valence-electron chi connectivity index (χ1n) is 7.24. The van der Waals surface area contributed by atoms with Crippen LogP contribution in [0.15, 0.2) is 48.8 Å². The van der Waals surface area contributed by atoms with Gasteiger partial charge in [0.15, 0.2) is 0 Å². The number of likely N-dealkylation sites (N-methyl/N-ethyl adjacent to an activating group) is 1. The molecule has 21 heavy (non-hydrogen) atoms. The number of nitrogens with zero attached hydrogens (tertiary/aromatic N) is 2. The molecule has 0 saturated heterocycles. The molecule has 2 N–H and O–H groups in total. The second-order valence-corrected chi connectivity index (χ2v) is 5.03. The lowest BCUT2D eigenvalue weighted by molar-refractivity contribution is 0.260. The number of hydrogen-bond donors (Lipinski definition) is 1. The fourth-order valence-corrected chi connectivity index (χ4v) is 2.40. The Kier molecular flexibility index (Phi) is 5.72. The van der Waals surface area contributed by atoms with Crippen molar-refractivity contribution < 1.29 is 4.74 Å². The van der Waals surface area contributed by atoms with Crippen molar-refractivity contribution in [2.24, 2.45) is 5.73 Å². The minimum absolute atomic E-state index is 0.0667. The normalized spacial score (nSPS) is 12.4. The molecule has 1 aromatic carbocycles. The molecule has 0 aliphatic rings. The van der Waals surface area contributed by atoms with Gasteiger partial charge < -0.3 is 10.5 Å². The minimum atomic E-state index is -0.0667. The molecule has 0 bridgehead atoms. The molecule has 1 heterocycles. The summed E-state index contributed by atoms with van der Waals surface area (Å²) < 4.78 is 5.39. The maximum absolute atomic E-state index is 6.37. The zero-order chi connectivity index (χ0) is 15.1. The lowest BCUT2D eigenvalue weighted by Crippen LogP contribution is -2.32. The average Bonchev–Trinajstić information content (AvgIpc) is 2.55. The third kappa shape index (κ3) is 4.28. The Balaban J connectivity index is 2.04. The van der Waals surface area contributed by atoms with Gasteiger partial charge in [0, 0.05) is 37.1 Å². The van der Waals surface area contributed by atoms with Crippen LogP contribution in [0.2, 0.25) is 0 Å². The van der Waals surface area contributed by atoms with Gasteiger partial charge >= 0.3 is 0 Å². The molecule has 4 heteroatoms. The molecular formula is C17H23N3O. The summed E-state index contributed by atoms with van der Waals surface area (Å²) in [5.41, 5.74) is 8.67. The fourth-order valence-electron chi connectivity index (χ4n) is 2.40. The van der Waals surface area contributed by atoms with Crippen molar-refractivity contribution in [1.29, 1.82) is 0 Å². The number of aromatic nitrogens is 1. The molecule has 2 rings (SSSR count). The Hall–Kier alpha value is -1.91. The molecule has 0 saturated carbocycles. The molecular weight excluding hydrogens is 262 g/mol. The number of benzene rings is 1. The van der Waals surface area contributed by atoms with Gasteiger partial charge in [0.25, 0.3) is 0 Å². The lowest BCUT2D eigenvalue weighted by Gasteiger charge is -2.25. The van der Waals surface area contributed by atoms with E-state index >= 15 is 0 Å². The Bertz CT molecular complexity index is 545. The number of nitrogens with two attached hydrogens (primary N) is 1. The summed E-state index contributed by atoms with van der Waals surface area (Å²) >= 11 is 0. The van der Waals surface area contributed by atoms with Crippen LogP contribution in [-0.4, -0.2) is 30.1 Å². The minimum Gasteiger partial charge on any atom is -0.496 e. The molecule has 4 nitrogen and oxygen atoms in total. The fraction of sp³-hybridized carbons (Fsp3) is 0.353. The molecule has 1 aromatic heterocycles. The second-order valence-electron chi connectivity index (χ2n) is 5.03. The zero-order valence-corrected chi connectivity index (χ0v) is 12.7. The smallest absolute Gasteiger partial charge is 0.123 e. The summed E-state index contributed by atoms with van der Waals surface area (Å²) in [5.74, 6) is 0.852. The summed E-state index contributed by atoms with van der Waals surface area (Å²) in [5, 5.41) is 0. The Morgan fingerprint density at radius 2 is 1.90 bits per heavy atom. The second kappa shape index (κ2) is 7.76. The van der Waals surface area contributed by atoms with E-state index in [1.165, 1.54) is 5.56 Å². The Morgan fingerprint density at radius 3 is 2.57 bits per heavy atom. The number of ether oxygens (including phenoxy) is 1. The number of methoxy groups -OCH3 is 1. The molecule has 1 atom stereocenters. The summed E-state index contributed by atoms with van der Waals surface area (Å²) in [6.45, 7) is 4.77. The molecule has 0 radical (unpaired) electrons. The molecule has 0 fully saturated rings. The molecule has 2 aromatic rings. The van der Waals surface area contributed by atoms with Gasteiger partial charge in [-0.2, -0.15) is 0 Å². The van der Waals surface area contributed by atoms with Crippen LogP contribution in [0.1, 0.15) is 24.1 Å². The van der Waals surface area contributed by atoms with E-state index in [1.807, 2.05) is 48.8 Å². The summed E-state index contributed by atoms with van der Waals surface area (Å²) in [6, 6.07) is 12.0. The van der Waals surface area contributed by atoms with Gasteiger partial charge in [-0.25, -0.2) is 0 Å². The highest BCUT2D eigenvalue weighted by Crippen LogP contribution is 2.24. The quantitative estimate of drug-likeness (QED) is 0.849. The topological polar surface area (TPSA) is 51.4 Å². The number of pyridine rings is 1. The molecule has 0 amide bonds. The molecule has 0 aliphatic carbocycles. The predicted molar refractivity (Wildman–Crippen MR) is 85.1 cm³/mol. The van der Waals surface area contributed by atoms with Crippen molar-refractivity contribution in [2.75, 3.05) is 20.2 Å². The van der Waals surface area contributed by atoms with Crippen molar-refractivity contribution in [3.05, 3.63) is 59.9 Å². The van der Waals surface area contributed by atoms with Crippen LogP contribution < -0.4 is 10.5 Å². The first-order valence-corrected chi connectivity index (χ1v) is 7.24. The SMILES string of the molecule is CCN(Cc1ccncc1)CC(N)c1ccccc1OC. The van der Waals surface area contributed by atoms with Crippen molar-refractivity contribution in [1.82, 2.24) is 9.88 Å². The molecule has 0 aliphatic heterocycles. The monoisotopic (exact) mass is 285 g/mol. The van der Waals surface area contributed by atoms with Crippen molar-refractivity contribution in [2.45, 2.75) is 19.5 Å². The number of para-hydroxylation sites is 1. The van der Waals surface area contributed by atoms with Crippen LogP contribution in [-0.2, 0) is 6.54 Å². The standard InChI is InChI=1S/C17H23N3O/c1-3-20(12-14-8-10-19-11-9-14)13-16(18)15-6-4-5-7-17(15)21-2/h4-11,16H,3,12-13,18H2,1-2H3. The zero-order valence-electron chi connectivity index (χ0n) is 12.7. The highest BCUT2D eigenvalue weighted by Gasteiger charge is 2.15. The van der Waals surface area contributed by atoms with Crippen LogP contribution in [0.3, 0.4) is 0 Å². The first-order chi connectivity index (χ1) is 10.2. The van der Waals surface area contributed by atoms with Gasteiger partial charge in [0.2, 0.25) is 0 Å². The first kappa shape index (κ1) is 15.5. The van der Waals surface area contributed by atoms with Crippen molar-refractivity contribution in [3.63, 3.8) is 0 Å². The van der Waals surface area contributed by atoms with Crippen LogP contribution in [0.25, 0.3) is 0 Å². The summed E-state index contributed by atoms with van der Waals surface area (Å²) in [4.78, 5) is 6.38. The average molecular weight is 285 g/mol. The largest absolute Gasteiger partial charge is 0.496 e. The van der Waals surface area contributed by atoms with Crippen LogP contribution in [0, 0.1) is 0 Å². The van der Waals surface area contributed by atoms with Gasteiger partial charge in [-0.1, -0.05) is 25.1 Å². The van der Waals surface area contributed by atoms with Gasteiger partial charge in [-0.3, -0.25) is 9.88 Å². The Labute approximate surface area is 126 Å².